The number of hydrogen-bond donors (Lipinski definition) is 1. The third kappa shape index (κ3) is 2.94. The maximum absolute atomic E-state index is 15.3. The molecule has 0 aliphatic carbocycles. The third-order valence-electron chi connectivity index (χ3n) is 3.80. The highest BCUT2D eigenvalue weighted by Crippen LogP contribution is 2.35. The molecule has 3 heterocycles. The number of aryl methyl sites for hydroxylation is 1. The quantitative estimate of drug-likeness (QED) is 0.477. The zero-order valence-corrected chi connectivity index (χ0v) is 14.0. The van der Waals surface area contributed by atoms with E-state index in [9.17, 15) is 0 Å². The minimum atomic E-state index is -0.485. The first kappa shape index (κ1) is 15.6. The number of furan rings is 1. The van der Waals surface area contributed by atoms with Crippen molar-refractivity contribution in [2.75, 3.05) is 5.32 Å². The largest absolute Gasteiger partial charge is 0.460 e. The fraction of sp³-hybridized carbons (Fsp3) is 0.0526. The number of para-hydroxylation sites is 1. The summed E-state index contributed by atoms with van der Waals surface area (Å²) in [6.45, 7) is 1.81. The molecule has 1 aromatic carbocycles. The van der Waals surface area contributed by atoms with Crippen molar-refractivity contribution in [2.45, 2.75) is 6.92 Å². The molecule has 0 radical (unpaired) electrons. The van der Waals surface area contributed by atoms with Crippen LogP contribution < -0.4 is 5.32 Å². The fourth-order valence-electron chi connectivity index (χ4n) is 2.66. The number of pyridine rings is 2. The van der Waals surface area contributed by atoms with Crippen molar-refractivity contribution >= 4 is 33.9 Å². The predicted octanol–water partition coefficient (Wildman–Crippen LogP) is 5.73. The molecule has 4 aromatic rings. The predicted molar refractivity (Wildman–Crippen MR) is 96.7 cm³/mol. The minimum absolute atomic E-state index is 0.162. The Labute approximate surface area is 148 Å². The normalized spacial score (nSPS) is 11.0. The molecule has 0 aliphatic rings. The average Bonchev–Trinajstić information content (AvgIpc) is 3.03. The van der Waals surface area contributed by atoms with Crippen molar-refractivity contribution in [3.63, 3.8) is 0 Å². The lowest BCUT2D eigenvalue weighted by Gasteiger charge is -2.13. The number of nitrogens with zero attached hydrogens (tertiary/aromatic N) is 2. The van der Waals surface area contributed by atoms with Gasteiger partial charge in [-0.1, -0.05) is 29.8 Å². The first-order valence-corrected chi connectivity index (χ1v) is 8.03. The second kappa shape index (κ2) is 6.18. The van der Waals surface area contributed by atoms with Gasteiger partial charge < -0.3 is 9.73 Å². The van der Waals surface area contributed by atoms with Crippen LogP contribution in [0.15, 0.2) is 59.1 Å². The Morgan fingerprint density at radius 1 is 1.12 bits per heavy atom. The van der Waals surface area contributed by atoms with Crippen molar-refractivity contribution < 1.29 is 8.81 Å². The minimum Gasteiger partial charge on any atom is -0.460 e. The molecule has 0 fully saturated rings. The number of hydrogen-bond acceptors (Lipinski definition) is 4. The lowest BCUT2D eigenvalue weighted by Crippen LogP contribution is -2.00. The van der Waals surface area contributed by atoms with Crippen molar-refractivity contribution in [3.05, 3.63) is 71.5 Å². The van der Waals surface area contributed by atoms with Crippen LogP contribution in [-0.2, 0) is 0 Å². The summed E-state index contributed by atoms with van der Waals surface area (Å²) in [6, 6.07) is 14.2. The van der Waals surface area contributed by atoms with Gasteiger partial charge in [0.05, 0.1) is 11.2 Å². The molecule has 0 amide bonds. The smallest absolute Gasteiger partial charge is 0.176 e. The van der Waals surface area contributed by atoms with Crippen LogP contribution in [0.2, 0.25) is 5.15 Å². The first-order chi connectivity index (χ1) is 12.1. The summed E-state index contributed by atoms with van der Waals surface area (Å²) in [5, 5.41) is 4.08. The molecule has 3 aromatic heterocycles. The average molecular weight is 354 g/mol. The van der Waals surface area contributed by atoms with Gasteiger partial charge >= 0.3 is 0 Å². The lowest BCUT2D eigenvalue weighted by atomic mass is 10.1. The molecule has 0 bridgehead atoms. The molecule has 0 atom stereocenters. The molecule has 6 heteroatoms. The lowest BCUT2D eigenvalue weighted by molar-refractivity contribution is 0.538. The van der Waals surface area contributed by atoms with E-state index in [0.717, 1.165) is 0 Å². The number of halogens is 2. The molecule has 124 valence electrons. The second-order valence-corrected chi connectivity index (χ2v) is 5.96. The maximum Gasteiger partial charge on any atom is 0.176 e. The number of benzene rings is 1. The summed E-state index contributed by atoms with van der Waals surface area (Å²) in [7, 11) is 0. The Hall–Kier alpha value is -2.92. The highest BCUT2D eigenvalue weighted by molar-refractivity contribution is 6.29. The van der Waals surface area contributed by atoms with Gasteiger partial charge in [0.1, 0.15) is 16.6 Å². The van der Waals surface area contributed by atoms with Gasteiger partial charge in [-0.3, -0.25) is 0 Å². The van der Waals surface area contributed by atoms with E-state index in [1.165, 1.54) is 0 Å². The topological polar surface area (TPSA) is 51.0 Å². The molecule has 25 heavy (non-hydrogen) atoms. The van der Waals surface area contributed by atoms with E-state index in [1.807, 2.05) is 24.3 Å². The van der Waals surface area contributed by atoms with Crippen LogP contribution in [0, 0.1) is 12.7 Å². The Balaban J connectivity index is 1.93. The van der Waals surface area contributed by atoms with Gasteiger partial charge in [0.25, 0.3) is 0 Å². The highest BCUT2D eigenvalue weighted by atomic mass is 35.5. The van der Waals surface area contributed by atoms with Gasteiger partial charge in [-0.05, 0) is 37.3 Å². The number of aromatic nitrogens is 2. The number of fused-ring (bicyclic) bond motifs is 1. The van der Waals surface area contributed by atoms with Crippen molar-refractivity contribution in [2.24, 2.45) is 0 Å². The monoisotopic (exact) mass is 353 g/mol. The number of anilines is 2. The zero-order valence-electron chi connectivity index (χ0n) is 13.3. The molecule has 0 spiro atoms. The van der Waals surface area contributed by atoms with E-state index in [4.69, 9.17) is 16.0 Å². The van der Waals surface area contributed by atoms with Gasteiger partial charge in [-0.25, -0.2) is 14.4 Å². The molecule has 0 saturated carbocycles. The van der Waals surface area contributed by atoms with Crippen LogP contribution in [0.5, 0.6) is 0 Å². The van der Waals surface area contributed by atoms with Crippen LogP contribution in [-0.4, -0.2) is 9.97 Å². The summed E-state index contributed by atoms with van der Waals surface area (Å²) in [5.74, 6) is 0.595. The fourth-order valence-corrected chi connectivity index (χ4v) is 2.83. The summed E-state index contributed by atoms with van der Waals surface area (Å²) in [6.07, 6.45) is 1.56. The van der Waals surface area contributed by atoms with Crippen molar-refractivity contribution in [1.29, 1.82) is 0 Å². The second-order valence-electron chi connectivity index (χ2n) is 5.57. The van der Waals surface area contributed by atoms with Crippen LogP contribution in [0.4, 0.5) is 15.8 Å². The molecule has 4 rings (SSSR count). The summed E-state index contributed by atoms with van der Waals surface area (Å²) in [4.78, 5) is 8.37. The van der Waals surface area contributed by atoms with Crippen LogP contribution in [0.3, 0.4) is 0 Å². The van der Waals surface area contributed by atoms with E-state index in [1.54, 1.807) is 37.4 Å². The Bertz CT molecular complexity index is 1080. The number of nitrogens with one attached hydrogen (secondary N) is 1. The summed E-state index contributed by atoms with van der Waals surface area (Å²) < 4.78 is 20.8. The summed E-state index contributed by atoms with van der Waals surface area (Å²) in [5.41, 5.74) is 1.78. The third-order valence-corrected chi connectivity index (χ3v) is 4.01. The highest BCUT2D eigenvalue weighted by Gasteiger charge is 2.19. The molecule has 0 saturated heterocycles. The van der Waals surface area contributed by atoms with Gasteiger partial charge in [-0.2, -0.15) is 0 Å². The SMILES string of the molecule is Cc1ccc(-c2nc3ccccc3c(Nc3ccnc(Cl)c3)c2F)o1. The van der Waals surface area contributed by atoms with Gasteiger partial charge in [0.15, 0.2) is 11.6 Å². The van der Waals surface area contributed by atoms with E-state index in [0.29, 0.717) is 39.0 Å². The van der Waals surface area contributed by atoms with E-state index in [2.05, 4.69) is 15.3 Å². The molecular formula is C19H13ClFN3O. The molecule has 0 aliphatic heterocycles. The Morgan fingerprint density at radius 2 is 1.96 bits per heavy atom. The van der Waals surface area contributed by atoms with Crippen LogP contribution in [0.25, 0.3) is 22.4 Å². The van der Waals surface area contributed by atoms with Crippen molar-refractivity contribution in [3.8, 4) is 11.5 Å². The standard InChI is InChI=1S/C19H13ClFN3O/c1-11-6-7-15(25-11)19-17(21)18(13-4-2-3-5-14(13)24-19)23-12-8-9-22-16(20)10-12/h2-10H,1H3,(H,22,23,24). The zero-order chi connectivity index (χ0) is 17.4. The van der Waals surface area contributed by atoms with E-state index in [-0.39, 0.29) is 5.69 Å². The van der Waals surface area contributed by atoms with E-state index < -0.39 is 5.82 Å². The molecular weight excluding hydrogens is 341 g/mol. The van der Waals surface area contributed by atoms with E-state index >= 15 is 4.39 Å². The molecule has 0 unspecified atom stereocenters. The first-order valence-electron chi connectivity index (χ1n) is 7.65. The van der Waals surface area contributed by atoms with Gasteiger partial charge in [-0.15, -0.1) is 0 Å². The van der Waals surface area contributed by atoms with Gasteiger partial charge in [0.2, 0.25) is 0 Å². The van der Waals surface area contributed by atoms with Crippen LogP contribution >= 0.6 is 11.6 Å². The Morgan fingerprint density at radius 3 is 2.72 bits per heavy atom. The Kier molecular flexibility index (Phi) is 3.86. The molecule has 4 nitrogen and oxygen atoms in total. The van der Waals surface area contributed by atoms with Gasteiger partial charge in [0, 0.05) is 17.3 Å². The molecule has 1 N–H and O–H groups in total. The number of rotatable bonds is 3. The van der Waals surface area contributed by atoms with Crippen molar-refractivity contribution in [1.82, 2.24) is 9.97 Å². The van der Waals surface area contributed by atoms with Crippen LogP contribution in [0.1, 0.15) is 5.76 Å². The summed E-state index contributed by atoms with van der Waals surface area (Å²) >= 11 is 5.93. The maximum atomic E-state index is 15.3.